The summed E-state index contributed by atoms with van der Waals surface area (Å²) in [7, 11) is 2.01. The molecule has 2 aliphatic heterocycles. The molecule has 0 bridgehead atoms. The summed E-state index contributed by atoms with van der Waals surface area (Å²) in [6, 6.07) is 12.2. The fraction of sp³-hybridized carbons (Fsp3) is 0.318. The lowest BCUT2D eigenvalue weighted by Crippen LogP contribution is -2.45. The number of halogens is 2. The van der Waals surface area contributed by atoms with Gasteiger partial charge in [-0.15, -0.1) is 0 Å². The highest BCUT2D eigenvalue weighted by Gasteiger charge is 2.28. The maximum absolute atomic E-state index is 14.7. The summed E-state index contributed by atoms with van der Waals surface area (Å²) in [5.74, 6) is -1.79. The molecule has 2 aromatic carbocycles. The standard InChI is InChI=1S/C22H23F2N3O/c1-25-11-13-26(14-12-25)21-16(7-8-19(23)20(21)24)15-17-9-10-27(22(17)28)18-5-3-2-4-6-18/h2-8,15H,9-14H2,1H3. The Morgan fingerprint density at radius 2 is 1.64 bits per heavy atom. The molecule has 2 saturated heterocycles. The molecule has 0 N–H and O–H groups in total. The number of hydrogen-bond acceptors (Lipinski definition) is 3. The monoisotopic (exact) mass is 383 g/mol. The van der Waals surface area contributed by atoms with Gasteiger partial charge in [0, 0.05) is 49.5 Å². The van der Waals surface area contributed by atoms with Gasteiger partial charge in [-0.2, -0.15) is 0 Å². The van der Waals surface area contributed by atoms with Crippen molar-refractivity contribution in [1.82, 2.24) is 4.90 Å². The molecule has 6 heteroatoms. The minimum absolute atomic E-state index is 0.0831. The molecule has 2 aromatic rings. The molecule has 0 aromatic heterocycles. The lowest BCUT2D eigenvalue weighted by molar-refractivity contribution is -0.114. The van der Waals surface area contributed by atoms with Crippen molar-refractivity contribution >= 4 is 23.4 Å². The zero-order valence-corrected chi connectivity index (χ0v) is 15.9. The maximum atomic E-state index is 14.7. The third-order valence-corrected chi connectivity index (χ3v) is 5.44. The topological polar surface area (TPSA) is 26.8 Å². The van der Waals surface area contributed by atoms with Crippen LogP contribution in [-0.4, -0.2) is 50.6 Å². The number of anilines is 2. The van der Waals surface area contributed by atoms with Gasteiger partial charge >= 0.3 is 0 Å². The predicted molar refractivity (Wildman–Crippen MR) is 107 cm³/mol. The Bertz CT molecular complexity index is 905. The third kappa shape index (κ3) is 3.52. The van der Waals surface area contributed by atoms with Gasteiger partial charge in [0.2, 0.25) is 0 Å². The van der Waals surface area contributed by atoms with E-state index in [9.17, 15) is 13.6 Å². The molecule has 0 radical (unpaired) electrons. The summed E-state index contributed by atoms with van der Waals surface area (Å²) in [6.07, 6.45) is 2.30. The molecule has 2 heterocycles. The lowest BCUT2D eigenvalue weighted by Gasteiger charge is -2.35. The highest BCUT2D eigenvalue weighted by atomic mass is 19.2. The number of rotatable bonds is 3. The molecular formula is C22H23F2N3O. The second-order valence-corrected chi connectivity index (χ2v) is 7.30. The minimum atomic E-state index is -0.861. The summed E-state index contributed by atoms with van der Waals surface area (Å²) in [5, 5.41) is 0. The Labute approximate surface area is 163 Å². The molecule has 2 aliphatic rings. The van der Waals surface area contributed by atoms with Gasteiger partial charge < -0.3 is 14.7 Å². The number of amides is 1. The second kappa shape index (κ2) is 7.72. The first-order valence-corrected chi connectivity index (χ1v) is 9.53. The van der Waals surface area contributed by atoms with Gasteiger partial charge in [-0.25, -0.2) is 8.78 Å². The third-order valence-electron chi connectivity index (χ3n) is 5.44. The molecule has 0 spiro atoms. The normalized spacial score (nSPS) is 19.7. The van der Waals surface area contributed by atoms with Gasteiger partial charge in [-0.1, -0.05) is 18.2 Å². The smallest absolute Gasteiger partial charge is 0.254 e. The number of piperazine rings is 1. The van der Waals surface area contributed by atoms with Crippen molar-refractivity contribution in [1.29, 1.82) is 0 Å². The summed E-state index contributed by atoms with van der Waals surface area (Å²) < 4.78 is 28.7. The van der Waals surface area contributed by atoms with Crippen LogP contribution >= 0.6 is 0 Å². The van der Waals surface area contributed by atoms with Crippen LogP contribution in [0.15, 0.2) is 48.0 Å². The van der Waals surface area contributed by atoms with Crippen LogP contribution in [0.1, 0.15) is 12.0 Å². The van der Waals surface area contributed by atoms with Crippen molar-refractivity contribution in [3.63, 3.8) is 0 Å². The molecule has 4 nitrogen and oxygen atoms in total. The van der Waals surface area contributed by atoms with E-state index < -0.39 is 11.6 Å². The Hall–Kier alpha value is -2.73. The van der Waals surface area contributed by atoms with Crippen LogP contribution in [0, 0.1) is 11.6 Å². The van der Waals surface area contributed by atoms with Gasteiger partial charge in [0.25, 0.3) is 5.91 Å². The first-order valence-electron chi connectivity index (χ1n) is 9.53. The number of hydrogen-bond donors (Lipinski definition) is 0. The fourth-order valence-corrected chi connectivity index (χ4v) is 3.81. The summed E-state index contributed by atoms with van der Waals surface area (Å²) in [6.45, 7) is 3.40. The summed E-state index contributed by atoms with van der Waals surface area (Å²) in [4.78, 5) is 18.6. The van der Waals surface area contributed by atoms with Gasteiger partial charge in [-0.05, 0) is 43.8 Å². The first-order chi connectivity index (χ1) is 13.5. The summed E-state index contributed by atoms with van der Waals surface area (Å²) in [5.41, 5.74) is 2.28. The van der Waals surface area contributed by atoms with E-state index >= 15 is 0 Å². The number of para-hydroxylation sites is 1. The van der Waals surface area contributed by atoms with E-state index in [1.165, 1.54) is 0 Å². The van der Waals surface area contributed by atoms with Crippen molar-refractivity contribution < 1.29 is 13.6 Å². The molecular weight excluding hydrogens is 360 g/mol. The Morgan fingerprint density at radius 3 is 2.36 bits per heavy atom. The average molecular weight is 383 g/mol. The summed E-state index contributed by atoms with van der Waals surface area (Å²) >= 11 is 0. The first kappa shape index (κ1) is 18.6. The van der Waals surface area contributed by atoms with E-state index in [2.05, 4.69) is 4.90 Å². The van der Waals surface area contributed by atoms with Crippen molar-refractivity contribution in [2.75, 3.05) is 49.6 Å². The maximum Gasteiger partial charge on any atom is 0.254 e. The Morgan fingerprint density at radius 1 is 0.929 bits per heavy atom. The van der Waals surface area contributed by atoms with E-state index in [1.807, 2.05) is 42.3 Å². The highest BCUT2D eigenvalue weighted by molar-refractivity contribution is 6.11. The van der Waals surface area contributed by atoms with E-state index in [0.717, 1.165) is 24.8 Å². The Kier molecular flexibility index (Phi) is 5.13. The van der Waals surface area contributed by atoms with Crippen LogP contribution in [0.4, 0.5) is 20.2 Å². The Balaban J connectivity index is 1.66. The van der Waals surface area contributed by atoms with E-state index in [-0.39, 0.29) is 11.6 Å². The number of benzene rings is 2. The number of nitrogens with zero attached hydrogens (tertiary/aromatic N) is 3. The molecule has 28 heavy (non-hydrogen) atoms. The highest BCUT2D eigenvalue weighted by Crippen LogP contribution is 2.32. The molecule has 4 rings (SSSR count). The number of carbonyl (C=O) groups excluding carboxylic acids is 1. The van der Waals surface area contributed by atoms with E-state index in [4.69, 9.17) is 0 Å². The van der Waals surface area contributed by atoms with Crippen molar-refractivity contribution in [2.45, 2.75) is 6.42 Å². The lowest BCUT2D eigenvalue weighted by atomic mass is 10.1. The van der Waals surface area contributed by atoms with Crippen LogP contribution in [0.5, 0.6) is 0 Å². The second-order valence-electron chi connectivity index (χ2n) is 7.30. The zero-order chi connectivity index (χ0) is 19.7. The zero-order valence-electron chi connectivity index (χ0n) is 15.9. The average Bonchev–Trinajstić information content (AvgIpc) is 3.07. The van der Waals surface area contributed by atoms with Crippen LogP contribution in [-0.2, 0) is 4.79 Å². The van der Waals surface area contributed by atoms with Gasteiger partial charge in [0.1, 0.15) is 0 Å². The van der Waals surface area contributed by atoms with Gasteiger partial charge in [0.05, 0.1) is 5.69 Å². The molecule has 0 aliphatic carbocycles. The molecule has 0 saturated carbocycles. The van der Waals surface area contributed by atoms with E-state index in [1.54, 1.807) is 17.0 Å². The molecule has 146 valence electrons. The van der Waals surface area contributed by atoms with Gasteiger partial charge in [-0.3, -0.25) is 4.79 Å². The minimum Gasteiger partial charge on any atom is -0.366 e. The van der Waals surface area contributed by atoms with Crippen LogP contribution in [0.25, 0.3) is 6.08 Å². The van der Waals surface area contributed by atoms with Crippen molar-refractivity contribution in [3.05, 3.63) is 65.2 Å². The van der Waals surface area contributed by atoms with Crippen molar-refractivity contribution in [3.8, 4) is 0 Å². The SMILES string of the molecule is CN1CCN(c2c(C=C3CCN(c4ccccc4)C3=O)ccc(F)c2F)CC1. The molecule has 1 amide bonds. The molecule has 0 unspecified atom stereocenters. The van der Waals surface area contributed by atoms with Gasteiger partial charge in [0.15, 0.2) is 11.6 Å². The van der Waals surface area contributed by atoms with Crippen LogP contribution < -0.4 is 9.80 Å². The number of likely N-dealkylation sites (N-methyl/N-ethyl adjacent to an activating group) is 1. The molecule has 0 atom stereocenters. The predicted octanol–water partition coefficient (Wildman–Crippen LogP) is 3.54. The van der Waals surface area contributed by atoms with Crippen LogP contribution in [0.2, 0.25) is 0 Å². The largest absolute Gasteiger partial charge is 0.366 e. The fourth-order valence-electron chi connectivity index (χ4n) is 3.81. The van der Waals surface area contributed by atoms with Crippen LogP contribution in [0.3, 0.4) is 0 Å². The van der Waals surface area contributed by atoms with Crippen molar-refractivity contribution in [2.24, 2.45) is 0 Å². The van der Waals surface area contributed by atoms with E-state index in [0.29, 0.717) is 37.2 Å². The number of carbonyl (C=O) groups is 1. The molecule has 2 fully saturated rings. The quantitative estimate of drug-likeness (QED) is 0.759.